The summed E-state index contributed by atoms with van der Waals surface area (Å²) in [7, 11) is 0. The van der Waals surface area contributed by atoms with Crippen LogP contribution in [0.25, 0.3) is 11.1 Å². The summed E-state index contributed by atoms with van der Waals surface area (Å²) in [4.78, 5) is 14.6. The minimum absolute atomic E-state index is 0.0618. The molecule has 0 unspecified atom stereocenters. The molecule has 4 N–H and O–H groups in total. The highest BCUT2D eigenvalue weighted by atomic mass is 79.9. The molecule has 0 spiro atoms. The number of carbonyl (C=O) groups excluding carboxylic acids is 1. The summed E-state index contributed by atoms with van der Waals surface area (Å²) in [5, 5.41) is 6.97. The average Bonchev–Trinajstić information content (AvgIpc) is 2.74. The Hall–Kier alpha value is -2.35. The number of piperazine rings is 1. The van der Waals surface area contributed by atoms with Gasteiger partial charge < -0.3 is 21.3 Å². The van der Waals surface area contributed by atoms with Crippen molar-refractivity contribution in [3.63, 3.8) is 0 Å². The topological polar surface area (TPSA) is 70.4 Å². The van der Waals surface area contributed by atoms with Crippen LogP contribution in [-0.4, -0.2) is 31.1 Å². The van der Waals surface area contributed by atoms with Crippen molar-refractivity contribution in [2.75, 3.05) is 29.9 Å². The highest BCUT2D eigenvalue weighted by Gasteiger charge is 2.27. The molecule has 166 valence electrons. The molecular weight excluding hydrogens is 532 g/mol. The number of amides is 1. The first-order chi connectivity index (χ1) is 15.2. The third kappa shape index (κ3) is 4.85. The Kier molecular flexibility index (Phi) is 6.60. The molecule has 0 atom stereocenters. The van der Waals surface area contributed by atoms with E-state index in [4.69, 9.17) is 5.73 Å². The van der Waals surface area contributed by atoms with E-state index >= 15 is 0 Å². The molecule has 1 heterocycles. The second-order valence-electron chi connectivity index (χ2n) is 8.60. The van der Waals surface area contributed by atoms with E-state index < -0.39 is 5.91 Å². The standard InChI is InChI=1S/C25H26Br2N4O/c1-25(2)15-31(13-12-29-25)22-11-10-16(14-20(22)27)17-6-5-7-18(24(28)32)23(17)30-21-9-4-3-8-19(21)26/h3-11,14,29-30H,12-13,15H2,1-2H3,(H2,28,32). The van der Waals surface area contributed by atoms with Crippen molar-refractivity contribution in [3.05, 3.63) is 75.2 Å². The molecular formula is C25H26Br2N4O. The van der Waals surface area contributed by atoms with Crippen molar-refractivity contribution < 1.29 is 4.79 Å². The molecule has 3 aromatic rings. The van der Waals surface area contributed by atoms with E-state index in [1.165, 1.54) is 0 Å². The third-order valence-corrected chi connectivity index (χ3v) is 6.96. The van der Waals surface area contributed by atoms with E-state index in [-0.39, 0.29) is 5.54 Å². The number of para-hydroxylation sites is 2. The fraction of sp³-hybridized carbons (Fsp3) is 0.240. The van der Waals surface area contributed by atoms with Gasteiger partial charge in [0.15, 0.2) is 0 Å². The third-order valence-electron chi connectivity index (χ3n) is 5.63. The molecule has 1 amide bonds. The SMILES string of the molecule is CC1(C)CN(c2ccc(-c3cccc(C(N)=O)c3Nc3ccccc3Br)cc2Br)CCN1. The quantitative estimate of drug-likeness (QED) is 0.365. The molecule has 4 rings (SSSR count). The molecule has 0 bridgehead atoms. The lowest BCUT2D eigenvalue weighted by Gasteiger charge is -2.40. The summed E-state index contributed by atoms with van der Waals surface area (Å²) in [5.41, 5.74) is 10.8. The zero-order chi connectivity index (χ0) is 22.9. The normalized spacial score (nSPS) is 15.4. The smallest absolute Gasteiger partial charge is 0.250 e. The van der Waals surface area contributed by atoms with Crippen molar-refractivity contribution in [1.29, 1.82) is 0 Å². The Morgan fingerprint density at radius 1 is 1.06 bits per heavy atom. The van der Waals surface area contributed by atoms with Gasteiger partial charge in [0.2, 0.25) is 0 Å². The monoisotopic (exact) mass is 556 g/mol. The number of nitrogens with one attached hydrogen (secondary N) is 2. The molecule has 32 heavy (non-hydrogen) atoms. The van der Waals surface area contributed by atoms with Crippen molar-refractivity contribution in [3.8, 4) is 11.1 Å². The second-order valence-corrected chi connectivity index (χ2v) is 10.3. The zero-order valence-corrected chi connectivity index (χ0v) is 21.3. The van der Waals surface area contributed by atoms with Gasteiger partial charge >= 0.3 is 0 Å². The lowest BCUT2D eigenvalue weighted by Crippen LogP contribution is -2.57. The zero-order valence-electron chi connectivity index (χ0n) is 18.1. The van der Waals surface area contributed by atoms with Crippen LogP contribution in [0.2, 0.25) is 0 Å². The number of rotatable bonds is 5. The van der Waals surface area contributed by atoms with Gasteiger partial charge in [0.1, 0.15) is 0 Å². The number of carbonyl (C=O) groups is 1. The number of hydrogen-bond acceptors (Lipinski definition) is 4. The molecule has 3 aromatic carbocycles. The molecule has 5 nitrogen and oxygen atoms in total. The summed E-state index contributed by atoms with van der Waals surface area (Å²) in [5.74, 6) is -0.472. The maximum absolute atomic E-state index is 12.2. The van der Waals surface area contributed by atoms with Crippen LogP contribution in [0.15, 0.2) is 69.6 Å². The minimum Gasteiger partial charge on any atom is -0.368 e. The maximum atomic E-state index is 12.2. The number of halogens is 2. The van der Waals surface area contributed by atoms with Crippen molar-refractivity contribution in [2.45, 2.75) is 19.4 Å². The van der Waals surface area contributed by atoms with Crippen molar-refractivity contribution in [2.24, 2.45) is 5.73 Å². The van der Waals surface area contributed by atoms with Crippen LogP contribution in [0.3, 0.4) is 0 Å². The van der Waals surface area contributed by atoms with Crippen molar-refractivity contribution in [1.82, 2.24) is 5.32 Å². The van der Waals surface area contributed by atoms with Crippen LogP contribution >= 0.6 is 31.9 Å². The van der Waals surface area contributed by atoms with E-state index in [2.05, 4.69) is 79.4 Å². The molecule has 0 aliphatic carbocycles. The molecule has 0 radical (unpaired) electrons. The Bertz CT molecular complexity index is 1160. The highest BCUT2D eigenvalue weighted by molar-refractivity contribution is 9.11. The Labute approximate surface area is 205 Å². The Morgan fingerprint density at radius 2 is 1.84 bits per heavy atom. The molecule has 7 heteroatoms. The highest BCUT2D eigenvalue weighted by Crippen LogP contribution is 2.38. The first-order valence-corrected chi connectivity index (χ1v) is 12.1. The molecule has 1 aliphatic heterocycles. The molecule has 1 saturated heterocycles. The van der Waals surface area contributed by atoms with Crippen molar-refractivity contribution >= 4 is 54.8 Å². The summed E-state index contributed by atoms with van der Waals surface area (Å²) >= 11 is 7.36. The lowest BCUT2D eigenvalue weighted by molar-refractivity contribution is 0.100. The molecule has 1 fully saturated rings. The number of benzene rings is 3. The van der Waals surface area contributed by atoms with Gasteiger partial charge in [0.25, 0.3) is 5.91 Å². The van der Waals surface area contributed by atoms with Gasteiger partial charge in [-0.1, -0.05) is 30.3 Å². The summed E-state index contributed by atoms with van der Waals surface area (Å²) < 4.78 is 1.92. The van der Waals surface area contributed by atoms with E-state index in [9.17, 15) is 4.79 Å². The van der Waals surface area contributed by atoms with Crippen LogP contribution in [0.1, 0.15) is 24.2 Å². The van der Waals surface area contributed by atoms with Crippen LogP contribution < -0.4 is 21.3 Å². The van der Waals surface area contributed by atoms with Crippen LogP contribution in [0.5, 0.6) is 0 Å². The van der Waals surface area contributed by atoms with Gasteiger partial charge in [0, 0.05) is 39.7 Å². The van der Waals surface area contributed by atoms with E-state index in [0.29, 0.717) is 11.3 Å². The summed E-state index contributed by atoms with van der Waals surface area (Å²) in [6, 6.07) is 19.8. The van der Waals surface area contributed by atoms with Crippen LogP contribution in [0, 0.1) is 0 Å². The molecule has 0 saturated carbocycles. The maximum Gasteiger partial charge on any atom is 0.250 e. The van der Waals surface area contributed by atoms with Gasteiger partial charge in [-0.05, 0) is 81.6 Å². The van der Waals surface area contributed by atoms with Gasteiger partial charge in [-0.2, -0.15) is 0 Å². The fourth-order valence-corrected chi connectivity index (χ4v) is 5.12. The number of hydrogen-bond donors (Lipinski definition) is 3. The van der Waals surface area contributed by atoms with E-state index in [0.717, 1.165) is 51.1 Å². The second kappa shape index (κ2) is 9.25. The van der Waals surface area contributed by atoms with E-state index in [1.54, 1.807) is 6.07 Å². The van der Waals surface area contributed by atoms with Gasteiger partial charge in [-0.15, -0.1) is 0 Å². The average molecular weight is 558 g/mol. The predicted molar refractivity (Wildman–Crippen MR) is 140 cm³/mol. The largest absolute Gasteiger partial charge is 0.368 e. The van der Waals surface area contributed by atoms with Crippen LogP contribution in [0.4, 0.5) is 17.1 Å². The Balaban J connectivity index is 1.75. The molecule has 0 aromatic heterocycles. The summed E-state index contributed by atoms with van der Waals surface area (Å²) in [6.45, 7) is 7.26. The summed E-state index contributed by atoms with van der Waals surface area (Å²) in [6.07, 6.45) is 0. The van der Waals surface area contributed by atoms with Gasteiger partial charge in [-0.25, -0.2) is 0 Å². The Morgan fingerprint density at radius 3 is 2.53 bits per heavy atom. The number of anilines is 3. The minimum atomic E-state index is -0.472. The van der Waals surface area contributed by atoms with Gasteiger partial charge in [0.05, 0.1) is 22.6 Å². The fourth-order valence-electron chi connectivity index (χ4n) is 4.11. The molecule has 1 aliphatic rings. The number of nitrogens with two attached hydrogens (primary N) is 1. The predicted octanol–water partition coefficient (Wildman–Crippen LogP) is 5.91. The van der Waals surface area contributed by atoms with E-state index in [1.807, 2.05) is 36.4 Å². The number of nitrogens with zero attached hydrogens (tertiary/aromatic N) is 1. The van der Waals surface area contributed by atoms with Crippen LogP contribution in [-0.2, 0) is 0 Å². The first-order valence-electron chi connectivity index (χ1n) is 10.5. The lowest BCUT2D eigenvalue weighted by atomic mass is 9.98. The van der Waals surface area contributed by atoms with Gasteiger partial charge in [-0.3, -0.25) is 4.79 Å². The number of primary amides is 1. The first kappa shape index (κ1) is 22.8.